The highest BCUT2D eigenvalue weighted by atomic mass is 16.5. The molecule has 3 rings (SSSR count). The van der Waals surface area contributed by atoms with Gasteiger partial charge in [0.15, 0.2) is 0 Å². The molecule has 0 aliphatic carbocycles. The maximum absolute atomic E-state index is 12.0. The Kier molecular flexibility index (Phi) is 4.83. The highest BCUT2D eigenvalue weighted by molar-refractivity contribution is 6.01. The monoisotopic (exact) mass is 333 g/mol. The van der Waals surface area contributed by atoms with Gasteiger partial charge >= 0.3 is 0 Å². The number of azide groups is 1. The van der Waals surface area contributed by atoms with Gasteiger partial charge in [-0.05, 0) is 51.9 Å². The van der Waals surface area contributed by atoms with Crippen LogP contribution in [0.5, 0.6) is 11.5 Å². The number of benzene rings is 3. The average molecular weight is 333 g/mol. The molecule has 6 nitrogen and oxygen atoms in total. The van der Waals surface area contributed by atoms with E-state index in [1.165, 1.54) is 0 Å². The molecule has 1 amide bonds. The summed E-state index contributed by atoms with van der Waals surface area (Å²) in [6.07, 6.45) is 0. The van der Waals surface area contributed by atoms with E-state index in [0.29, 0.717) is 18.1 Å². The minimum absolute atomic E-state index is 0.265. The van der Waals surface area contributed by atoms with Crippen molar-refractivity contribution in [2.24, 2.45) is 5.11 Å². The second kappa shape index (κ2) is 7.38. The summed E-state index contributed by atoms with van der Waals surface area (Å²) in [4.78, 5) is 14.5. The van der Waals surface area contributed by atoms with Crippen molar-refractivity contribution in [2.45, 2.75) is 6.61 Å². The van der Waals surface area contributed by atoms with Gasteiger partial charge in [-0.25, -0.2) is 0 Å². The van der Waals surface area contributed by atoms with Crippen LogP contribution in [0.1, 0.15) is 15.9 Å². The predicted molar refractivity (Wildman–Crippen MR) is 94.8 cm³/mol. The fraction of sp³-hybridized carbons (Fsp3) is 0.105. The second-order valence-electron chi connectivity index (χ2n) is 5.33. The zero-order valence-electron chi connectivity index (χ0n) is 13.5. The van der Waals surface area contributed by atoms with Crippen molar-refractivity contribution in [2.75, 3.05) is 7.11 Å². The van der Waals surface area contributed by atoms with Gasteiger partial charge in [0.25, 0.3) is 0 Å². The van der Waals surface area contributed by atoms with Gasteiger partial charge in [-0.15, -0.1) is 0 Å². The van der Waals surface area contributed by atoms with Crippen LogP contribution in [-0.4, -0.2) is 13.0 Å². The first-order valence-electron chi connectivity index (χ1n) is 7.59. The zero-order valence-corrected chi connectivity index (χ0v) is 13.5. The molecule has 0 radical (unpaired) electrons. The summed E-state index contributed by atoms with van der Waals surface area (Å²) >= 11 is 0. The topological polar surface area (TPSA) is 84.3 Å². The Labute approximate surface area is 144 Å². The van der Waals surface area contributed by atoms with E-state index in [9.17, 15) is 4.79 Å². The van der Waals surface area contributed by atoms with Crippen LogP contribution in [0.3, 0.4) is 0 Å². The van der Waals surface area contributed by atoms with Crippen LogP contribution in [0.25, 0.3) is 21.2 Å². The number of carbonyl (C=O) groups excluding carboxylic acids is 1. The van der Waals surface area contributed by atoms with Gasteiger partial charge in [0.05, 0.1) is 7.11 Å². The summed E-state index contributed by atoms with van der Waals surface area (Å²) in [5.41, 5.74) is 9.78. The molecule has 3 aromatic carbocycles. The SMILES string of the molecule is COc1ccc2c(OCc3ccccc3)cc(C(=O)N=[N+]=[N-])cc2c1. The third-order valence-corrected chi connectivity index (χ3v) is 3.74. The molecule has 0 atom stereocenters. The van der Waals surface area contributed by atoms with Crippen molar-refractivity contribution in [3.63, 3.8) is 0 Å². The molecule has 0 N–H and O–H groups in total. The highest BCUT2D eigenvalue weighted by Crippen LogP contribution is 2.31. The van der Waals surface area contributed by atoms with Crippen molar-refractivity contribution in [1.82, 2.24) is 0 Å². The molecule has 0 aliphatic rings. The Morgan fingerprint density at radius 2 is 1.92 bits per heavy atom. The van der Waals surface area contributed by atoms with Crippen molar-refractivity contribution >= 4 is 16.7 Å². The van der Waals surface area contributed by atoms with E-state index in [2.05, 4.69) is 10.0 Å². The Morgan fingerprint density at radius 3 is 2.64 bits per heavy atom. The van der Waals surface area contributed by atoms with Crippen molar-refractivity contribution < 1.29 is 14.3 Å². The van der Waals surface area contributed by atoms with E-state index < -0.39 is 5.91 Å². The lowest BCUT2D eigenvalue weighted by atomic mass is 10.0. The number of methoxy groups -OCH3 is 1. The van der Waals surface area contributed by atoms with Crippen LogP contribution in [0.15, 0.2) is 65.8 Å². The number of amides is 1. The Hall–Kier alpha value is -3.50. The van der Waals surface area contributed by atoms with Crippen molar-refractivity contribution in [3.8, 4) is 11.5 Å². The lowest BCUT2D eigenvalue weighted by Crippen LogP contribution is -1.99. The fourth-order valence-electron chi connectivity index (χ4n) is 2.52. The standard InChI is InChI=1S/C19H15N3O3/c1-24-16-7-8-17-14(10-16)9-15(19(23)21-22-20)11-18(17)25-12-13-5-3-2-4-6-13/h2-11H,12H2,1H3. The van der Waals surface area contributed by atoms with Crippen LogP contribution in [-0.2, 0) is 6.61 Å². The molecule has 6 heteroatoms. The largest absolute Gasteiger partial charge is 0.497 e. The van der Waals surface area contributed by atoms with E-state index in [-0.39, 0.29) is 5.56 Å². The molecule has 124 valence electrons. The van der Waals surface area contributed by atoms with Gasteiger partial charge in [-0.1, -0.05) is 30.3 Å². The van der Waals surface area contributed by atoms with Crippen molar-refractivity contribution in [3.05, 3.63) is 82.2 Å². The molecule has 0 aliphatic heterocycles. The molecule has 0 fully saturated rings. The fourth-order valence-corrected chi connectivity index (χ4v) is 2.52. The van der Waals surface area contributed by atoms with E-state index in [1.807, 2.05) is 42.5 Å². The number of ether oxygens (including phenoxy) is 2. The summed E-state index contributed by atoms with van der Waals surface area (Å²) < 4.78 is 11.2. The van der Waals surface area contributed by atoms with Crippen LogP contribution in [0.2, 0.25) is 0 Å². The van der Waals surface area contributed by atoms with Gasteiger partial charge in [0.2, 0.25) is 5.91 Å². The smallest absolute Gasteiger partial charge is 0.249 e. The number of carbonyl (C=O) groups is 1. The molecule has 0 bridgehead atoms. The normalized spacial score (nSPS) is 10.1. The van der Waals surface area contributed by atoms with Gasteiger partial charge in [-0.3, -0.25) is 4.79 Å². The van der Waals surface area contributed by atoms with E-state index >= 15 is 0 Å². The third-order valence-electron chi connectivity index (χ3n) is 3.74. The van der Waals surface area contributed by atoms with Gasteiger partial charge in [0.1, 0.15) is 18.1 Å². The van der Waals surface area contributed by atoms with Gasteiger partial charge in [0, 0.05) is 15.9 Å². The maximum Gasteiger partial charge on any atom is 0.249 e. The Morgan fingerprint density at radius 1 is 1.12 bits per heavy atom. The minimum atomic E-state index is -0.656. The first kappa shape index (κ1) is 16.4. The van der Waals surface area contributed by atoms with Crippen LogP contribution in [0, 0.1) is 0 Å². The first-order valence-corrected chi connectivity index (χ1v) is 7.59. The molecule has 25 heavy (non-hydrogen) atoms. The zero-order chi connectivity index (χ0) is 17.6. The minimum Gasteiger partial charge on any atom is -0.497 e. The summed E-state index contributed by atoms with van der Waals surface area (Å²) in [5.74, 6) is 0.548. The molecular formula is C19H15N3O3. The summed E-state index contributed by atoms with van der Waals surface area (Å²) in [6.45, 7) is 0.362. The molecule has 0 heterocycles. The Bertz CT molecular complexity index is 964. The molecule has 0 aromatic heterocycles. The number of nitrogens with zero attached hydrogens (tertiary/aromatic N) is 3. The summed E-state index contributed by atoms with van der Waals surface area (Å²) in [7, 11) is 1.57. The lowest BCUT2D eigenvalue weighted by Gasteiger charge is -2.12. The molecule has 0 saturated heterocycles. The third kappa shape index (κ3) is 3.71. The lowest BCUT2D eigenvalue weighted by molar-refractivity contribution is 0.1000. The van der Waals surface area contributed by atoms with E-state index in [1.54, 1.807) is 25.3 Å². The number of hydrogen-bond donors (Lipinski definition) is 0. The van der Waals surface area contributed by atoms with Crippen LogP contribution < -0.4 is 9.47 Å². The average Bonchev–Trinajstić information content (AvgIpc) is 2.66. The van der Waals surface area contributed by atoms with Crippen LogP contribution >= 0.6 is 0 Å². The molecule has 0 unspecified atom stereocenters. The quantitative estimate of drug-likeness (QED) is 0.379. The van der Waals surface area contributed by atoms with Crippen molar-refractivity contribution in [1.29, 1.82) is 0 Å². The Balaban J connectivity index is 2.04. The van der Waals surface area contributed by atoms with Gasteiger partial charge in [-0.2, -0.15) is 0 Å². The second-order valence-corrected chi connectivity index (χ2v) is 5.33. The van der Waals surface area contributed by atoms with E-state index in [0.717, 1.165) is 16.3 Å². The first-order chi connectivity index (χ1) is 12.2. The molecule has 0 spiro atoms. The van der Waals surface area contributed by atoms with Gasteiger partial charge < -0.3 is 9.47 Å². The summed E-state index contributed by atoms with van der Waals surface area (Å²) in [6, 6.07) is 18.5. The molecule has 3 aromatic rings. The molecular weight excluding hydrogens is 318 g/mol. The van der Waals surface area contributed by atoms with Crippen LogP contribution in [0.4, 0.5) is 0 Å². The highest BCUT2D eigenvalue weighted by Gasteiger charge is 2.11. The maximum atomic E-state index is 12.0. The predicted octanol–water partition coefficient (Wildman–Crippen LogP) is 4.88. The number of fused-ring (bicyclic) bond motifs is 1. The number of hydrogen-bond acceptors (Lipinski definition) is 3. The summed E-state index contributed by atoms with van der Waals surface area (Å²) in [5, 5.41) is 4.77. The number of rotatable bonds is 5. The molecule has 0 saturated carbocycles. The van der Waals surface area contributed by atoms with E-state index in [4.69, 9.17) is 15.0 Å².